The van der Waals surface area contributed by atoms with Crippen LogP contribution >= 0.6 is 0 Å². The number of benzene rings is 2. The number of hydrogen-bond donors (Lipinski definition) is 0. The Balaban J connectivity index is 1.64. The van der Waals surface area contributed by atoms with E-state index in [2.05, 4.69) is 46.6 Å². The van der Waals surface area contributed by atoms with Crippen molar-refractivity contribution in [2.75, 3.05) is 0 Å². The van der Waals surface area contributed by atoms with Crippen LogP contribution in [-0.2, 0) is 12.8 Å². The van der Waals surface area contributed by atoms with Crippen molar-refractivity contribution in [3.05, 3.63) is 96.1 Å². The Morgan fingerprint density at radius 1 is 0.591 bits per heavy atom. The molecule has 0 saturated heterocycles. The first-order valence-corrected chi connectivity index (χ1v) is 7.39. The third-order valence-corrected chi connectivity index (χ3v) is 3.04. The van der Waals surface area contributed by atoms with Crippen molar-refractivity contribution in [2.24, 2.45) is 10.2 Å². The first-order valence-electron chi connectivity index (χ1n) is 7.39. The van der Waals surface area contributed by atoms with Gasteiger partial charge in [-0.15, -0.1) is 0 Å². The van der Waals surface area contributed by atoms with Gasteiger partial charge >= 0.3 is 0 Å². The molecule has 0 aliphatic rings. The maximum absolute atomic E-state index is 3.95. The summed E-state index contributed by atoms with van der Waals surface area (Å²) in [4.78, 5) is 0. The first-order chi connectivity index (χ1) is 10.9. The molecule has 0 heterocycles. The van der Waals surface area contributed by atoms with Crippen molar-refractivity contribution in [1.29, 1.82) is 0 Å². The molecule has 0 aromatic heterocycles. The van der Waals surface area contributed by atoms with Crippen LogP contribution < -0.4 is 0 Å². The zero-order valence-corrected chi connectivity index (χ0v) is 12.5. The predicted octanol–water partition coefficient (Wildman–Crippen LogP) is 4.64. The third kappa shape index (κ3) is 6.62. The Labute approximate surface area is 132 Å². The molecule has 0 aliphatic heterocycles. The molecule has 0 saturated carbocycles. The molecule has 0 spiro atoms. The molecule has 0 radical (unpaired) electrons. The van der Waals surface area contributed by atoms with Crippen LogP contribution in [0.2, 0.25) is 0 Å². The zero-order valence-electron chi connectivity index (χ0n) is 12.5. The van der Waals surface area contributed by atoms with Gasteiger partial charge in [-0.25, -0.2) is 0 Å². The van der Waals surface area contributed by atoms with Crippen molar-refractivity contribution in [3.8, 4) is 0 Å². The maximum Gasteiger partial charge on any atom is 0.0492 e. The molecule has 0 aliphatic carbocycles. The SMILES string of the molecule is C(=CCc1ccccc1)C=NN=CC=CCc1ccccc1. The second kappa shape index (κ2) is 10.1. The molecule has 0 unspecified atom stereocenters. The maximum atomic E-state index is 3.95. The van der Waals surface area contributed by atoms with E-state index in [-0.39, 0.29) is 0 Å². The van der Waals surface area contributed by atoms with Gasteiger partial charge in [-0.1, -0.05) is 72.8 Å². The van der Waals surface area contributed by atoms with Gasteiger partial charge in [0.2, 0.25) is 0 Å². The molecular formula is C20H20N2. The van der Waals surface area contributed by atoms with E-state index in [0.29, 0.717) is 0 Å². The minimum absolute atomic E-state index is 0.910. The highest BCUT2D eigenvalue weighted by molar-refractivity contribution is 5.74. The highest BCUT2D eigenvalue weighted by Crippen LogP contribution is 2.00. The van der Waals surface area contributed by atoms with E-state index in [0.717, 1.165) is 12.8 Å². The van der Waals surface area contributed by atoms with Crippen LogP contribution in [0.25, 0.3) is 0 Å². The van der Waals surface area contributed by atoms with Gasteiger partial charge in [-0.2, -0.15) is 10.2 Å². The van der Waals surface area contributed by atoms with Crippen LogP contribution in [-0.4, -0.2) is 12.4 Å². The predicted molar refractivity (Wildman–Crippen MR) is 95.6 cm³/mol. The Morgan fingerprint density at radius 3 is 1.41 bits per heavy atom. The van der Waals surface area contributed by atoms with E-state index in [1.54, 1.807) is 12.4 Å². The van der Waals surface area contributed by atoms with Crippen molar-refractivity contribution < 1.29 is 0 Å². The lowest BCUT2D eigenvalue weighted by atomic mass is 10.1. The largest absolute Gasteiger partial charge is 0.159 e. The summed E-state index contributed by atoms with van der Waals surface area (Å²) < 4.78 is 0. The van der Waals surface area contributed by atoms with E-state index in [1.165, 1.54) is 11.1 Å². The average Bonchev–Trinajstić information content (AvgIpc) is 2.58. The van der Waals surface area contributed by atoms with Gasteiger partial charge in [0.25, 0.3) is 0 Å². The highest BCUT2D eigenvalue weighted by atomic mass is 15.2. The summed E-state index contributed by atoms with van der Waals surface area (Å²) in [5, 5.41) is 7.91. The minimum atomic E-state index is 0.910. The average molecular weight is 288 g/mol. The first kappa shape index (κ1) is 15.6. The van der Waals surface area contributed by atoms with Crippen LogP contribution in [0.5, 0.6) is 0 Å². The summed E-state index contributed by atoms with van der Waals surface area (Å²) in [5.74, 6) is 0. The zero-order chi connectivity index (χ0) is 15.3. The monoisotopic (exact) mass is 288 g/mol. The van der Waals surface area contributed by atoms with Gasteiger partial charge < -0.3 is 0 Å². The Kier molecular flexibility index (Phi) is 7.15. The molecule has 0 amide bonds. The molecule has 2 rings (SSSR count). The second-order valence-corrected chi connectivity index (χ2v) is 4.76. The molecule has 0 atom stereocenters. The lowest BCUT2D eigenvalue weighted by molar-refractivity contribution is 1.25. The smallest absolute Gasteiger partial charge is 0.0492 e. The molecular weight excluding hydrogens is 268 g/mol. The quantitative estimate of drug-likeness (QED) is 0.524. The summed E-state index contributed by atoms with van der Waals surface area (Å²) in [6.45, 7) is 0. The fraction of sp³-hybridized carbons (Fsp3) is 0.100. The summed E-state index contributed by atoms with van der Waals surface area (Å²) >= 11 is 0. The fourth-order valence-electron chi connectivity index (χ4n) is 1.91. The summed E-state index contributed by atoms with van der Waals surface area (Å²) in [7, 11) is 0. The lowest BCUT2D eigenvalue weighted by Crippen LogP contribution is -1.78. The number of hydrogen-bond acceptors (Lipinski definition) is 2. The number of nitrogens with zero attached hydrogens (tertiary/aromatic N) is 2. The number of allylic oxidation sites excluding steroid dienone is 4. The molecule has 2 nitrogen and oxygen atoms in total. The molecule has 110 valence electrons. The molecule has 0 bridgehead atoms. The lowest BCUT2D eigenvalue weighted by Gasteiger charge is -1.92. The van der Waals surface area contributed by atoms with Crippen molar-refractivity contribution in [2.45, 2.75) is 12.8 Å². The Bertz CT molecular complexity index is 578. The van der Waals surface area contributed by atoms with Gasteiger partial charge in [0.15, 0.2) is 0 Å². The Hall–Kier alpha value is -2.74. The minimum Gasteiger partial charge on any atom is -0.159 e. The second-order valence-electron chi connectivity index (χ2n) is 4.76. The van der Waals surface area contributed by atoms with Crippen LogP contribution in [0.15, 0.2) is 95.2 Å². The number of rotatable bonds is 7. The fourth-order valence-corrected chi connectivity index (χ4v) is 1.91. The van der Waals surface area contributed by atoms with E-state index in [1.807, 2.05) is 48.6 Å². The summed E-state index contributed by atoms with van der Waals surface area (Å²) in [5.41, 5.74) is 2.58. The Morgan fingerprint density at radius 2 is 1.00 bits per heavy atom. The molecule has 0 N–H and O–H groups in total. The summed E-state index contributed by atoms with van der Waals surface area (Å²) in [6.07, 6.45) is 13.2. The summed E-state index contributed by atoms with van der Waals surface area (Å²) in [6, 6.07) is 20.7. The molecule has 22 heavy (non-hydrogen) atoms. The van der Waals surface area contributed by atoms with Crippen LogP contribution in [0, 0.1) is 0 Å². The van der Waals surface area contributed by atoms with Crippen molar-refractivity contribution in [1.82, 2.24) is 0 Å². The van der Waals surface area contributed by atoms with Gasteiger partial charge in [-0.05, 0) is 36.1 Å². The third-order valence-electron chi connectivity index (χ3n) is 3.04. The van der Waals surface area contributed by atoms with E-state index >= 15 is 0 Å². The van der Waals surface area contributed by atoms with E-state index < -0.39 is 0 Å². The molecule has 0 fully saturated rings. The highest BCUT2D eigenvalue weighted by Gasteiger charge is 1.85. The molecule has 2 heteroatoms. The van der Waals surface area contributed by atoms with Crippen LogP contribution in [0.3, 0.4) is 0 Å². The van der Waals surface area contributed by atoms with Gasteiger partial charge in [0, 0.05) is 12.4 Å². The van der Waals surface area contributed by atoms with Gasteiger partial charge in [0.05, 0.1) is 0 Å². The molecule has 2 aromatic rings. The van der Waals surface area contributed by atoms with E-state index in [4.69, 9.17) is 0 Å². The van der Waals surface area contributed by atoms with Crippen molar-refractivity contribution >= 4 is 12.4 Å². The van der Waals surface area contributed by atoms with E-state index in [9.17, 15) is 0 Å². The normalized spacial score (nSPS) is 12.2. The van der Waals surface area contributed by atoms with Crippen LogP contribution in [0.1, 0.15) is 11.1 Å². The molecule has 2 aromatic carbocycles. The topological polar surface area (TPSA) is 24.7 Å². The van der Waals surface area contributed by atoms with Crippen molar-refractivity contribution in [3.63, 3.8) is 0 Å². The van der Waals surface area contributed by atoms with Gasteiger partial charge in [-0.3, -0.25) is 0 Å². The van der Waals surface area contributed by atoms with Gasteiger partial charge in [0.1, 0.15) is 0 Å². The van der Waals surface area contributed by atoms with Crippen LogP contribution in [0.4, 0.5) is 0 Å². The standard InChI is InChI=1S/C20H20N2/c1-3-11-19(12-4-1)15-7-9-17-21-22-18-10-8-16-20-13-5-2-6-14-20/h1-14,17-18H,15-16H2.